The van der Waals surface area contributed by atoms with Crippen LogP contribution in [0.4, 0.5) is 8.78 Å². The first-order valence-corrected chi connectivity index (χ1v) is 3.05. The third-order valence-corrected chi connectivity index (χ3v) is 1.36. The van der Waals surface area contributed by atoms with Gasteiger partial charge in [0.05, 0.1) is 11.1 Å². The molecule has 0 saturated carbocycles. The Bertz CT molecular complexity index is 357. The smallest absolute Gasteiger partial charge is 0.177 e. The molecule has 58 valence electrons. The van der Waals surface area contributed by atoms with Crippen molar-refractivity contribution >= 4 is 0 Å². The van der Waals surface area contributed by atoms with E-state index in [2.05, 4.69) is 0 Å². The van der Waals surface area contributed by atoms with E-state index in [1.807, 2.05) is 5.92 Å². The normalized spacial score (nSPS) is 8.67. The second-order valence-corrected chi connectivity index (χ2v) is 2.04. The fourth-order valence-corrected chi connectivity index (χ4v) is 0.747. The van der Waals surface area contributed by atoms with Crippen molar-refractivity contribution in [1.82, 2.24) is 0 Å². The predicted molar refractivity (Wildman–Crippen MR) is 39.0 cm³/mol. The van der Waals surface area contributed by atoms with Crippen LogP contribution in [0.2, 0.25) is 0 Å². The third kappa shape index (κ3) is 1.13. The molecular formula is C9H3F2N. The first-order valence-electron chi connectivity index (χ1n) is 3.05. The highest BCUT2D eigenvalue weighted by atomic mass is 19.2. The van der Waals surface area contributed by atoms with Crippen molar-refractivity contribution in [3.8, 4) is 18.4 Å². The first-order chi connectivity index (χ1) is 5.70. The largest absolute Gasteiger partial charge is 0.202 e. The zero-order valence-corrected chi connectivity index (χ0v) is 5.94. The van der Waals surface area contributed by atoms with Gasteiger partial charge in [0.15, 0.2) is 11.6 Å². The van der Waals surface area contributed by atoms with Crippen molar-refractivity contribution in [3.63, 3.8) is 0 Å². The van der Waals surface area contributed by atoms with Crippen LogP contribution >= 0.6 is 0 Å². The highest BCUT2D eigenvalue weighted by molar-refractivity contribution is 5.41. The number of nitriles is 1. The van der Waals surface area contributed by atoms with Crippen molar-refractivity contribution in [2.75, 3.05) is 0 Å². The molecule has 0 bridgehead atoms. The van der Waals surface area contributed by atoms with Crippen LogP contribution in [0, 0.1) is 35.3 Å². The molecule has 0 aliphatic heterocycles. The van der Waals surface area contributed by atoms with Crippen LogP contribution in [-0.2, 0) is 0 Å². The van der Waals surface area contributed by atoms with E-state index in [0.717, 1.165) is 6.07 Å². The maximum atomic E-state index is 12.8. The van der Waals surface area contributed by atoms with Gasteiger partial charge in [-0.15, -0.1) is 6.42 Å². The van der Waals surface area contributed by atoms with E-state index in [1.54, 1.807) is 0 Å². The summed E-state index contributed by atoms with van der Waals surface area (Å²) in [5, 5.41) is 8.30. The molecule has 1 aromatic carbocycles. The minimum absolute atomic E-state index is 0.175. The zero-order valence-electron chi connectivity index (χ0n) is 5.94. The molecule has 0 radical (unpaired) electrons. The Labute approximate surface area is 68.2 Å². The maximum absolute atomic E-state index is 12.8. The van der Waals surface area contributed by atoms with Crippen LogP contribution < -0.4 is 0 Å². The summed E-state index contributed by atoms with van der Waals surface area (Å²) < 4.78 is 25.5. The average molecular weight is 163 g/mol. The Morgan fingerprint density at radius 1 is 1.17 bits per heavy atom. The molecule has 3 heteroatoms. The van der Waals surface area contributed by atoms with E-state index in [-0.39, 0.29) is 11.1 Å². The van der Waals surface area contributed by atoms with E-state index < -0.39 is 11.6 Å². The van der Waals surface area contributed by atoms with Gasteiger partial charge >= 0.3 is 0 Å². The molecule has 1 aromatic rings. The summed E-state index contributed by atoms with van der Waals surface area (Å²) in [6, 6.07) is 3.84. The van der Waals surface area contributed by atoms with Crippen LogP contribution in [0.1, 0.15) is 11.1 Å². The van der Waals surface area contributed by atoms with Gasteiger partial charge in [-0.25, -0.2) is 8.78 Å². The summed E-state index contributed by atoms with van der Waals surface area (Å²) in [5.74, 6) is -0.366. The van der Waals surface area contributed by atoms with Crippen molar-refractivity contribution in [2.24, 2.45) is 0 Å². The fourth-order valence-electron chi connectivity index (χ4n) is 0.747. The van der Waals surface area contributed by atoms with Crippen molar-refractivity contribution < 1.29 is 8.78 Å². The number of halogens is 2. The lowest BCUT2D eigenvalue weighted by molar-refractivity contribution is 0.504. The van der Waals surface area contributed by atoms with Crippen LogP contribution in [0.5, 0.6) is 0 Å². The van der Waals surface area contributed by atoms with E-state index in [0.29, 0.717) is 0 Å². The van der Waals surface area contributed by atoms with E-state index in [1.165, 1.54) is 12.1 Å². The fraction of sp³-hybridized carbons (Fsp3) is 0. The van der Waals surface area contributed by atoms with Gasteiger partial charge in [0, 0.05) is 0 Å². The molecule has 0 heterocycles. The van der Waals surface area contributed by atoms with Crippen LogP contribution in [0.25, 0.3) is 0 Å². The van der Waals surface area contributed by atoms with Gasteiger partial charge < -0.3 is 0 Å². The lowest BCUT2D eigenvalue weighted by Gasteiger charge is -1.96. The van der Waals surface area contributed by atoms with Crippen molar-refractivity contribution in [3.05, 3.63) is 34.9 Å². The Kier molecular flexibility index (Phi) is 2.07. The average Bonchev–Trinajstić information content (AvgIpc) is 2.10. The van der Waals surface area contributed by atoms with Gasteiger partial charge in [-0.3, -0.25) is 0 Å². The molecule has 0 unspecified atom stereocenters. The molecular weight excluding hydrogens is 160 g/mol. The Balaban J connectivity index is 3.45. The first kappa shape index (κ1) is 8.23. The SMILES string of the molecule is C#Cc1ccc(C#N)c(F)c1F. The number of benzene rings is 1. The molecule has 1 rings (SSSR count). The third-order valence-electron chi connectivity index (χ3n) is 1.36. The summed E-state index contributed by atoms with van der Waals surface area (Å²) in [4.78, 5) is 0. The number of hydrogen-bond donors (Lipinski definition) is 0. The lowest BCUT2D eigenvalue weighted by atomic mass is 10.1. The van der Waals surface area contributed by atoms with Gasteiger partial charge in [-0.1, -0.05) is 5.92 Å². The van der Waals surface area contributed by atoms with Crippen molar-refractivity contribution in [2.45, 2.75) is 0 Å². The molecule has 1 nitrogen and oxygen atoms in total. The van der Waals surface area contributed by atoms with E-state index in [9.17, 15) is 8.78 Å². The molecule has 0 atom stereocenters. The van der Waals surface area contributed by atoms with Gasteiger partial charge in [0.25, 0.3) is 0 Å². The summed E-state index contributed by atoms with van der Waals surface area (Å²) in [5.41, 5.74) is -0.516. The molecule has 0 spiro atoms. The van der Waals surface area contributed by atoms with Crippen LogP contribution in [0.15, 0.2) is 12.1 Å². The number of nitrogens with zero attached hydrogens (tertiary/aromatic N) is 1. The molecule has 0 aliphatic rings. The second-order valence-electron chi connectivity index (χ2n) is 2.04. The lowest BCUT2D eigenvalue weighted by Crippen LogP contribution is -1.93. The molecule has 0 saturated heterocycles. The zero-order chi connectivity index (χ0) is 9.14. The summed E-state index contributed by atoms with van der Waals surface area (Å²) >= 11 is 0. The molecule has 0 amide bonds. The van der Waals surface area contributed by atoms with Crippen molar-refractivity contribution in [1.29, 1.82) is 5.26 Å². The summed E-state index contributed by atoms with van der Waals surface area (Å²) in [6.07, 6.45) is 4.87. The van der Waals surface area contributed by atoms with Crippen LogP contribution in [-0.4, -0.2) is 0 Å². The Morgan fingerprint density at radius 2 is 1.67 bits per heavy atom. The number of terminal acetylenes is 1. The van der Waals surface area contributed by atoms with Gasteiger partial charge in [0.2, 0.25) is 0 Å². The second kappa shape index (κ2) is 3.02. The maximum Gasteiger partial charge on any atom is 0.177 e. The summed E-state index contributed by atoms with van der Waals surface area (Å²) in [6.45, 7) is 0. The highest BCUT2D eigenvalue weighted by Crippen LogP contribution is 2.14. The summed E-state index contributed by atoms with van der Waals surface area (Å²) in [7, 11) is 0. The molecule has 0 aliphatic carbocycles. The topological polar surface area (TPSA) is 23.8 Å². The monoisotopic (exact) mass is 163 g/mol. The Hall–Kier alpha value is -1.87. The number of rotatable bonds is 0. The van der Waals surface area contributed by atoms with E-state index in [4.69, 9.17) is 11.7 Å². The minimum Gasteiger partial charge on any atom is -0.202 e. The molecule has 0 fully saturated rings. The van der Waals surface area contributed by atoms with E-state index >= 15 is 0 Å². The van der Waals surface area contributed by atoms with Gasteiger partial charge in [-0.05, 0) is 12.1 Å². The highest BCUT2D eigenvalue weighted by Gasteiger charge is 2.10. The molecule has 0 N–H and O–H groups in total. The standard InChI is InChI=1S/C9H3F2N/c1-2-6-3-4-7(5-12)9(11)8(6)10/h1,3-4H. The Morgan fingerprint density at radius 3 is 2.17 bits per heavy atom. The minimum atomic E-state index is -1.19. The quantitative estimate of drug-likeness (QED) is 0.535. The number of hydrogen-bond acceptors (Lipinski definition) is 1. The van der Waals surface area contributed by atoms with Gasteiger partial charge in [-0.2, -0.15) is 5.26 Å². The molecule has 0 aromatic heterocycles. The van der Waals surface area contributed by atoms with Gasteiger partial charge in [0.1, 0.15) is 6.07 Å². The molecule has 12 heavy (non-hydrogen) atoms. The predicted octanol–water partition coefficient (Wildman–Crippen LogP) is 1.82. The van der Waals surface area contributed by atoms with Crippen LogP contribution in [0.3, 0.4) is 0 Å².